The first-order valence-corrected chi connectivity index (χ1v) is 14.3. The summed E-state index contributed by atoms with van der Waals surface area (Å²) in [5.41, 5.74) is 3.28. The molecular formula is C30H32N4O5S. The Labute approximate surface area is 236 Å². The van der Waals surface area contributed by atoms with Crippen LogP contribution in [-0.2, 0) is 9.59 Å². The molecule has 1 aliphatic carbocycles. The summed E-state index contributed by atoms with van der Waals surface area (Å²) in [7, 11) is 0. The van der Waals surface area contributed by atoms with Gasteiger partial charge in [0.2, 0.25) is 5.91 Å². The van der Waals surface area contributed by atoms with E-state index < -0.39 is 17.9 Å². The molecule has 3 amide bonds. The number of benzene rings is 2. The second-order valence-electron chi connectivity index (χ2n) is 10.3. The van der Waals surface area contributed by atoms with E-state index in [9.17, 15) is 24.3 Å². The molecule has 40 heavy (non-hydrogen) atoms. The zero-order chi connectivity index (χ0) is 28.2. The largest absolute Gasteiger partial charge is 0.481 e. The minimum absolute atomic E-state index is 0.176. The monoisotopic (exact) mass is 560 g/mol. The summed E-state index contributed by atoms with van der Waals surface area (Å²) in [6.45, 7) is 4.36. The van der Waals surface area contributed by atoms with Crippen LogP contribution in [0.4, 0.5) is 11.4 Å². The molecule has 3 aromatic rings. The molecule has 1 unspecified atom stereocenters. The highest BCUT2D eigenvalue weighted by molar-refractivity contribution is 7.12. The third-order valence-electron chi connectivity index (χ3n) is 7.27. The number of hydrogen-bond donors (Lipinski definition) is 3. The second-order valence-corrected chi connectivity index (χ2v) is 11.2. The SMILES string of the molecule is Cc1ccc(C(CC(=O)O)NC(=O)c2ccc(N3CCN(C(=O)C4CC4)CC3)c(NC(=O)c3cccs3)c2)cc1. The van der Waals surface area contributed by atoms with Crippen LogP contribution in [0.15, 0.2) is 60.0 Å². The van der Waals surface area contributed by atoms with Gasteiger partial charge in [-0.15, -0.1) is 11.3 Å². The molecule has 2 aliphatic rings. The second kappa shape index (κ2) is 11.9. The van der Waals surface area contributed by atoms with E-state index in [-0.39, 0.29) is 24.2 Å². The Morgan fingerprint density at radius 3 is 2.33 bits per heavy atom. The van der Waals surface area contributed by atoms with Crippen LogP contribution in [0.5, 0.6) is 0 Å². The van der Waals surface area contributed by atoms with Gasteiger partial charge in [-0.2, -0.15) is 0 Å². The zero-order valence-corrected chi connectivity index (χ0v) is 23.1. The summed E-state index contributed by atoms with van der Waals surface area (Å²) in [6, 6.07) is 15.3. The number of carboxylic acids is 1. The van der Waals surface area contributed by atoms with Gasteiger partial charge in [-0.05, 0) is 55.0 Å². The number of aliphatic carboxylic acids is 1. The molecule has 1 aliphatic heterocycles. The molecule has 2 aromatic carbocycles. The summed E-state index contributed by atoms with van der Waals surface area (Å²) in [5.74, 6) is -1.34. The van der Waals surface area contributed by atoms with Crippen molar-refractivity contribution >= 4 is 46.4 Å². The molecule has 3 N–H and O–H groups in total. The number of hydrogen-bond acceptors (Lipinski definition) is 6. The highest BCUT2D eigenvalue weighted by atomic mass is 32.1. The first-order valence-electron chi connectivity index (χ1n) is 13.4. The number of rotatable bonds is 9. The Morgan fingerprint density at radius 1 is 0.975 bits per heavy atom. The number of carbonyl (C=O) groups excluding carboxylic acids is 3. The first kappa shape index (κ1) is 27.4. The van der Waals surface area contributed by atoms with Gasteiger partial charge in [0.05, 0.1) is 28.7 Å². The molecule has 2 heterocycles. The van der Waals surface area contributed by atoms with Gasteiger partial charge in [-0.3, -0.25) is 19.2 Å². The molecule has 2 fully saturated rings. The molecule has 5 rings (SSSR count). The smallest absolute Gasteiger partial charge is 0.305 e. The Hall–Kier alpha value is -4.18. The average Bonchev–Trinajstić information content (AvgIpc) is 3.65. The normalized spacial score (nSPS) is 15.8. The predicted octanol–water partition coefficient (Wildman–Crippen LogP) is 4.31. The maximum Gasteiger partial charge on any atom is 0.305 e. The predicted molar refractivity (Wildman–Crippen MR) is 154 cm³/mol. The van der Waals surface area contributed by atoms with Crippen LogP contribution < -0.4 is 15.5 Å². The van der Waals surface area contributed by atoms with E-state index >= 15 is 0 Å². The Bertz CT molecular complexity index is 1390. The van der Waals surface area contributed by atoms with Gasteiger partial charge in [0.25, 0.3) is 11.8 Å². The van der Waals surface area contributed by atoms with Crippen LogP contribution in [0.25, 0.3) is 0 Å². The number of carbonyl (C=O) groups is 4. The molecule has 1 saturated heterocycles. The van der Waals surface area contributed by atoms with E-state index in [1.54, 1.807) is 30.3 Å². The third-order valence-corrected chi connectivity index (χ3v) is 8.14. The number of nitrogens with zero attached hydrogens (tertiary/aromatic N) is 2. The van der Waals surface area contributed by atoms with E-state index in [4.69, 9.17) is 0 Å². The lowest BCUT2D eigenvalue weighted by Gasteiger charge is -2.37. The van der Waals surface area contributed by atoms with Gasteiger partial charge in [0, 0.05) is 37.7 Å². The Morgan fingerprint density at radius 2 is 1.70 bits per heavy atom. The van der Waals surface area contributed by atoms with Crippen molar-refractivity contribution in [3.63, 3.8) is 0 Å². The fourth-order valence-corrected chi connectivity index (χ4v) is 5.49. The summed E-state index contributed by atoms with van der Waals surface area (Å²) in [4.78, 5) is 55.0. The van der Waals surface area contributed by atoms with Crippen LogP contribution in [0.2, 0.25) is 0 Å². The molecule has 208 valence electrons. The van der Waals surface area contributed by atoms with E-state index in [0.29, 0.717) is 47.9 Å². The number of piperazine rings is 1. The molecular weight excluding hydrogens is 528 g/mol. The van der Waals surface area contributed by atoms with Crippen molar-refractivity contribution in [3.8, 4) is 0 Å². The van der Waals surface area contributed by atoms with Crippen LogP contribution in [0.3, 0.4) is 0 Å². The van der Waals surface area contributed by atoms with Crippen molar-refractivity contribution in [2.75, 3.05) is 36.4 Å². The van der Waals surface area contributed by atoms with Crippen molar-refractivity contribution in [2.45, 2.75) is 32.2 Å². The van der Waals surface area contributed by atoms with Gasteiger partial charge in [-0.1, -0.05) is 35.9 Å². The molecule has 0 spiro atoms. The fraction of sp³-hybridized carbons (Fsp3) is 0.333. The van der Waals surface area contributed by atoms with Crippen molar-refractivity contribution in [2.24, 2.45) is 5.92 Å². The summed E-state index contributed by atoms with van der Waals surface area (Å²) in [5, 5.41) is 17.1. The van der Waals surface area contributed by atoms with Crippen LogP contribution in [-0.4, -0.2) is 59.9 Å². The minimum atomic E-state index is -1.02. The number of thiophene rings is 1. The Balaban J connectivity index is 1.37. The van der Waals surface area contributed by atoms with Crippen LogP contribution >= 0.6 is 11.3 Å². The van der Waals surface area contributed by atoms with Crippen molar-refractivity contribution < 1.29 is 24.3 Å². The number of amides is 3. The topological polar surface area (TPSA) is 119 Å². The van der Waals surface area contributed by atoms with Crippen molar-refractivity contribution in [1.29, 1.82) is 0 Å². The number of anilines is 2. The maximum absolute atomic E-state index is 13.3. The zero-order valence-electron chi connectivity index (χ0n) is 22.3. The van der Waals surface area contributed by atoms with Gasteiger partial charge >= 0.3 is 5.97 Å². The van der Waals surface area contributed by atoms with Crippen molar-refractivity contribution in [3.05, 3.63) is 81.5 Å². The summed E-state index contributed by atoms with van der Waals surface area (Å²) < 4.78 is 0. The molecule has 0 radical (unpaired) electrons. The fourth-order valence-electron chi connectivity index (χ4n) is 4.87. The summed E-state index contributed by atoms with van der Waals surface area (Å²) >= 11 is 1.32. The van der Waals surface area contributed by atoms with E-state index in [0.717, 1.165) is 24.1 Å². The quantitative estimate of drug-likeness (QED) is 0.359. The standard InChI is InChI=1S/C30H32N4O5S/c1-19-4-6-20(7-5-19)23(18-27(35)36)31-28(37)22-10-11-25(24(17-22)32-29(38)26-3-2-16-40-26)33-12-14-34(15-13-33)30(39)21-8-9-21/h2-7,10-11,16-17,21,23H,8-9,12-15,18H2,1H3,(H,31,37)(H,32,38)(H,35,36). The highest BCUT2D eigenvalue weighted by Crippen LogP contribution is 2.33. The lowest BCUT2D eigenvalue weighted by Crippen LogP contribution is -2.49. The number of nitrogens with one attached hydrogen (secondary N) is 2. The van der Waals surface area contributed by atoms with E-state index in [1.165, 1.54) is 11.3 Å². The molecule has 1 aromatic heterocycles. The maximum atomic E-state index is 13.3. The van der Waals surface area contributed by atoms with Crippen LogP contribution in [0.1, 0.15) is 56.5 Å². The van der Waals surface area contributed by atoms with E-state index in [2.05, 4.69) is 15.5 Å². The lowest BCUT2D eigenvalue weighted by molar-refractivity contribution is -0.137. The molecule has 1 atom stereocenters. The molecule has 0 bridgehead atoms. The first-order chi connectivity index (χ1) is 19.3. The molecule has 9 nitrogen and oxygen atoms in total. The Kier molecular flexibility index (Phi) is 8.16. The van der Waals surface area contributed by atoms with Crippen molar-refractivity contribution in [1.82, 2.24) is 10.2 Å². The van der Waals surface area contributed by atoms with Gasteiger partial charge < -0.3 is 25.5 Å². The minimum Gasteiger partial charge on any atom is -0.481 e. The lowest BCUT2D eigenvalue weighted by atomic mass is 10.0. The van der Waals surface area contributed by atoms with Gasteiger partial charge in [0.1, 0.15) is 0 Å². The third kappa shape index (κ3) is 6.51. The van der Waals surface area contributed by atoms with E-state index in [1.807, 2.05) is 41.5 Å². The summed E-state index contributed by atoms with van der Waals surface area (Å²) in [6.07, 6.45) is 1.68. The highest BCUT2D eigenvalue weighted by Gasteiger charge is 2.35. The molecule has 10 heteroatoms. The van der Waals surface area contributed by atoms with Crippen LogP contribution in [0, 0.1) is 12.8 Å². The number of aryl methyl sites for hydroxylation is 1. The van der Waals surface area contributed by atoms with Gasteiger partial charge in [-0.25, -0.2) is 0 Å². The number of carboxylic acid groups (broad SMARTS) is 1. The average molecular weight is 561 g/mol. The molecule has 1 saturated carbocycles. The van der Waals surface area contributed by atoms with Gasteiger partial charge in [0.15, 0.2) is 0 Å².